The van der Waals surface area contributed by atoms with Crippen LogP contribution in [0.4, 0.5) is 17.6 Å². The first-order chi connectivity index (χ1) is 18.7. The summed E-state index contributed by atoms with van der Waals surface area (Å²) in [5.74, 6) is -6.31. The summed E-state index contributed by atoms with van der Waals surface area (Å²) in [6.07, 6.45) is -0.456. The van der Waals surface area contributed by atoms with Crippen molar-refractivity contribution in [1.82, 2.24) is 10.2 Å². The van der Waals surface area contributed by atoms with Crippen LogP contribution in [-0.4, -0.2) is 60.7 Å². The SMILES string of the molecule is O=C(N[C@H](CN1CCCC1)[C@H](O)c1cc(F)c2c(c1)OCCO2)C(F)(F)CCc1ccc2cc(F)ccc2c1. The first-order valence-corrected chi connectivity index (χ1v) is 13.1. The van der Waals surface area contributed by atoms with Gasteiger partial charge in [-0.2, -0.15) is 8.78 Å². The third-order valence-corrected chi connectivity index (χ3v) is 7.24. The van der Waals surface area contributed by atoms with Gasteiger partial charge in [0.25, 0.3) is 5.91 Å². The van der Waals surface area contributed by atoms with E-state index in [1.54, 1.807) is 24.3 Å². The van der Waals surface area contributed by atoms with Crippen molar-refractivity contribution in [2.24, 2.45) is 0 Å². The van der Waals surface area contributed by atoms with Gasteiger partial charge in [0.2, 0.25) is 0 Å². The van der Waals surface area contributed by atoms with Crippen molar-refractivity contribution in [1.29, 1.82) is 0 Å². The minimum atomic E-state index is -3.72. The Morgan fingerprint density at radius 1 is 1.00 bits per heavy atom. The number of nitrogens with zero attached hydrogens (tertiary/aromatic N) is 1. The van der Waals surface area contributed by atoms with E-state index in [9.17, 15) is 18.7 Å². The topological polar surface area (TPSA) is 71.0 Å². The maximum Gasteiger partial charge on any atom is 0.324 e. The highest BCUT2D eigenvalue weighted by Gasteiger charge is 2.41. The van der Waals surface area contributed by atoms with E-state index in [1.807, 2.05) is 4.90 Å². The summed E-state index contributed by atoms with van der Waals surface area (Å²) in [6.45, 7) is 1.93. The number of likely N-dealkylation sites (tertiary alicyclic amines) is 1. The van der Waals surface area contributed by atoms with Crippen LogP contribution in [0.2, 0.25) is 0 Å². The maximum atomic E-state index is 15.0. The van der Waals surface area contributed by atoms with Gasteiger partial charge < -0.3 is 24.8 Å². The molecule has 6 nitrogen and oxygen atoms in total. The minimum Gasteiger partial charge on any atom is -0.486 e. The fourth-order valence-electron chi connectivity index (χ4n) is 5.11. The van der Waals surface area contributed by atoms with Gasteiger partial charge in [-0.3, -0.25) is 4.79 Å². The van der Waals surface area contributed by atoms with E-state index in [0.717, 1.165) is 18.9 Å². The number of benzene rings is 3. The molecule has 10 heteroatoms. The van der Waals surface area contributed by atoms with Crippen molar-refractivity contribution in [2.75, 3.05) is 32.8 Å². The summed E-state index contributed by atoms with van der Waals surface area (Å²) in [5, 5.41) is 14.8. The number of aliphatic hydroxyl groups excluding tert-OH is 1. The van der Waals surface area contributed by atoms with Gasteiger partial charge in [-0.1, -0.05) is 24.3 Å². The van der Waals surface area contributed by atoms with Crippen molar-refractivity contribution >= 4 is 16.7 Å². The molecule has 0 saturated carbocycles. The average Bonchev–Trinajstić information content (AvgIpc) is 3.44. The van der Waals surface area contributed by atoms with Crippen molar-refractivity contribution in [3.63, 3.8) is 0 Å². The van der Waals surface area contributed by atoms with Crippen LogP contribution in [0.1, 0.15) is 36.5 Å². The molecule has 2 N–H and O–H groups in total. The Hall–Kier alpha value is -3.37. The minimum absolute atomic E-state index is 0.0670. The Morgan fingerprint density at radius 3 is 2.51 bits per heavy atom. The van der Waals surface area contributed by atoms with Crippen molar-refractivity contribution in [3.8, 4) is 11.5 Å². The number of aryl methyl sites for hydroxylation is 1. The molecule has 0 unspecified atom stereocenters. The molecule has 3 aromatic rings. The number of ether oxygens (including phenoxy) is 2. The van der Waals surface area contributed by atoms with Crippen LogP contribution in [-0.2, 0) is 11.2 Å². The van der Waals surface area contributed by atoms with Crippen LogP contribution in [0, 0.1) is 11.6 Å². The third-order valence-electron chi connectivity index (χ3n) is 7.24. The molecule has 2 aliphatic rings. The van der Waals surface area contributed by atoms with Gasteiger partial charge in [0.05, 0.1) is 6.04 Å². The van der Waals surface area contributed by atoms with Gasteiger partial charge in [-0.15, -0.1) is 0 Å². The van der Waals surface area contributed by atoms with Crippen LogP contribution in [0.25, 0.3) is 10.8 Å². The standard InChI is InChI=1S/C29H30F4N2O4/c30-22-6-5-19-13-18(3-4-20(19)14-22)7-8-29(32,33)28(37)34-24(17-35-9-1-2-10-35)26(36)21-15-23(31)27-25(16-21)38-11-12-39-27/h3-6,13-16,24,26,36H,1-2,7-12,17H2,(H,34,37)/t24-,26-/m1/s1. The third kappa shape index (κ3) is 6.28. The van der Waals surface area contributed by atoms with E-state index in [4.69, 9.17) is 9.47 Å². The molecule has 1 saturated heterocycles. The molecule has 0 radical (unpaired) electrons. The highest BCUT2D eigenvalue weighted by atomic mass is 19.3. The number of hydrogen-bond donors (Lipinski definition) is 2. The normalized spacial score (nSPS) is 17.3. The zero-order valence-corrected chi connectivity index (χ0v) is 21.3. The average molecular weight is 547 g/mol. The lowest BCUT2D eigenvalue weighted by atomic mass is 9.99. The number of aliphatic hydroxyl groups is 1. The highest BCUT2D eigenvalue weighted by molar-refractivity contribution is 5.84. The van der Waals surface area contributed by atoms with E-state index >= 15 is 8.78 Å². The predicted molar refractivity (Wildman–Crippen MR) is 137 cm³/mol. The number of carbonyl (C=O) groups excluding carboxylic acids is 1. The Balaban J connectivity index is 1.30. The molecule has 39 heavy (non-hydrogen) atoms. The molecule has 0 aromatic heterocycles. The van der Waals surface area contributed by atoms with Gasteiger partial charge in [-0.25, -0.2) is 8.78 Å². The van der Waals surface area contributed by atoms with Gasteiger partial charge in [0.1, 0.15) is 25.1 Å². The molecule has 2 atom stereocenters. The second kappa shape index (κ2) is 11.4. The van der Waals surface area contributed by atoms with Crippen molar-refractivity contribution < 1.29 is 36.9 Å². The van der Waals surface area contributed by atoms with E-state index < -0.39 is 36.2 Å². The fraction of sp³-hybridized carbons (Fsp3) is 0.414. The molecule has 1 amide bonds. The quantitative estimate of drug-likeness (QED) is 0.379. The number of nitrogens with one attached hydrogen (secondary N) is 1. The van der Waals surface area contributed by atoms with Crippen LogP contribution in [0.15, 0.2) is 48.5 Å². The second-order valence-corrected chi connectivity index (χ2v) is 10.1. The number of halogens is 4. The Labute approximate surface area is 223 Å². The summed E-state index contributed by atoms with van der Waals surface area (Å²) < 4.78 is 68.9. The molecule has 5 rings (SSSR count). The number of carbonyl (C=O) groups is 1. The molecule has 1 fully saturated rings. The van der Waals surface area contributed by atoms with Crippen LogP contribution in [0.3, 0.4) is 0 Å². The van der Waals surface area contributed by atoms with E-state index in [-0.39, 0.29) is 49.1 Å². The maximum absolute atomic E-state index is 15.0. The van der Waals surface area contributed by atoms with Crippen LogP contribution >= 0.6 is 0 Å². The van der Waals surface area contributed by atoms with Gasteiger partial charge >= 0.3 is 5.92 Å². The molecule has 208 valence electrons. The molecule has 3 aromatic carbocycles. The molecule has 0 aliphatic carbocycles. The molecule has 2 aliphatic heterocycles. The zero-order chi connectivity index (χ0) is 27.6. The Bertz CT molecular complexity index is 1350. The molecule has 0 spiro atoms. The largest absolute Gasteiger partial charge is 0.486 e. The van der Waals surface area contributed by atoms with E-state index in [2.05, 4.69) is 5.32 Å². The van der Waals surface area contributed by atoms with Crippen molar-refractivity contribution in [3.05, 3.63) is 71.3 Å². The monoisotopic (exact) mass is 546 g/mol. The fourth-order valence-corrected chi connectivity index (χ4v) is 5.11. The van der Waals surface area contributed by atoms with E-state index in [0.29, 0.717) is 29.4 Å². The number of alkyl halides is 2. The molecular formula is C29H30F4N2O4. The highest BCUT2D eigenvalue weighted by Crippen LogP contribution is 2.36. The number of fused-ring (bicyclic) bond motifs is 2. The van der Waals surface area contributed by atoms with Crippen molar-refractivity contribution in [2.45, 2.75) is 43.8 Å². The lowest BCUT2D eigenvalue weighted by Gasteiger charge is -2.30. The first kappa shape index (κ1) is 27.2. The Morgan fingerprint density at radius 2 is 1.72 bits per heavy atom. The second-order valence-electron chi connectivity index (χ2n) is 10.1. The number of rotatable bonds is 9. The van der Waals surface area contributed by atoms with E-state index in [1.165, 1.54) is 18.2 Å². The summed E-state index contributed by atoms with van der Waals surface area (Å²) in [4.78, 5) is 14.8. The summed E-state index contributed by atoms with van der Waals surface area (Å²) in [7, 11) is 0. The first-order valence-electron chi connectivity index (χ1n) is 13.1. The Kier molecular flexibility index (Phi) is 7.95. The molecular weight excluding hydrogens is 516 g/mol. The predicted octanol–water partition coefficient (Wildman–Crippen LogP) is 4.77. The van der Waals surface area contributed by atoms with Gasteiger partial charge in [-0.05, 0) is 78.5 Å². The lowest BCUT2D eigenvalue weighted by molar-refractivity contribution is -0.148. The van der Waals surface area contributed by atoms with Gasteiger partial charge in [0, 0.05) is 13.0 Å². The summed E-state index contributed by atoms with van der Waals surface area (Å²) in [6, 6.07) is 10.6. The smallest absolute Gasteiger partial charge is 0.324 e. The summed E-state index contributed by atoms with van der Waals surface area (Å²) in [5.41, 5.74) is 0.680. The summed E-state index contributed by atoms with van der Waals surface area (Å²) >= 11 is 0. The number of hydrogen-bond acceptors (Lipinski definition) is 5. The van der Waals surface area contributed by atoms with Crippen LogP contribution < -0.4 is 14.8 Å². The lowest BCUT2D eigenvalue weighted by Crippen LogP contribution is -2.51. The zero-order valence-electron chi connectivity index (χ0n) is 21.3. The van der Waals surface area contributed by atoms with Gasteiger partial charge in [0.15, 0.2) is 17.3 Å². The number of amides is 1. The molecule has 0 bridgehead atoms. The van der Waals surface area contributed by atoms with Crippen LogP contribution in [0.5, 0.6) is 11.5 Å². The molecule has 2 heterocycles.